The summed E-state index contributed by atoms with van der Waals surface area (Å²) in [6.07, 6.45) is 0. The number of rotatable bonds is 3. The summed E-state index contributed by atoms with van der Waals surface area (Å²) < 4.78 is 19.0. The molecule has 2 aromatic rings. The molecule has 17 heavy (non-hydrogen) atoms. The molecule has 0 saturated carbocycles. The number of ether oxygens (including phenoxy) is 1. The third kappa shape index (κ3) is 2.77. The van der Waals surface area contributed by atoms with Gasteiger partial charge in [-0.15, -0.1) is 0 Å². The summed E-state index contributed by atoms with van der Waals surface area (Å²) >= 11 is 3.15. The van der Waals surface area contributed by atoms with Crippen molar-refractivity contribution in [3.05, 3.63) is 58.3 Å². The van der Waals surface area contributed by atoms with Crippen molar-refractivity contribution in [2.24, 2.45) is 0 Å². The molecule has 0 aliphatic rings. The van der Waals surface area contributed by atoms with Gasteiger partial charge in [-0.2, -0.15) is 0 Å². The van der Waals surface area contributed by atoms with Gasteiger partial charge in [-0.05, 0) is 34.1 Å². The zero-order valence-corrected chi connectivity index (χ0v) is 10.4. The molecule has 0 aromatic heterocycles. The Morgan fingerprint density at radius 2 is 1.88 bits per heavy atom. The lowest BCUT2D eigenvalue weighted by molar-refractivity contribution is 0.288. The summed E-state index contributed by atoms with van der Waals surface area (Å²) in [7, 11) is 0. The number of benzene rings is 2. The number of phenols is 1. The first-order valence-electron chi connectivity index (χ1n) is 5.02. The van der Waals surface area contributed by atoms with E-state index in [2.05, 4.69) is 15.9 Å². The molecule has 0 spiro atoms. The largest absolute Gasteiger partial charge is 0.504 e. The fourth-order valence-electron chi connectivity index (χ4n) is 1.39. The topological polar surface area (TPSA) is 29.5 Å². The van der Waals surface area contributed by atoms with Crippen LogP contribution in [0.15, 0.2) is 46.9 Å². The van der Waals surface area contributed by atoms with Crippen LogP contribution in [-0.4, -0.2) is 5.11 Å². The lowest BCUT2D eigenvalue weighted by Gasteiger charge is -2.09. The van der Waals surface area contributed by atoms with Gasteiger partial charge in [-0.1, -0.05) is 24.3 Å². The first-order chi connectivity index (χ1) is 8.18. The van der Waals surface area contributed by atoms with Crippen molar-refractivity contribution in [2.45, 2.75) is 6.61 Å². The van der Waals surface area contributed by atoms with Gasteiger partial charge < -0.3 is 9.84 Å². The highest BCUT2D eigenvalue weighted by Crippen LogP contribution is 2.27. The van der Waals surface area contributed by atoms with Crippen molar-refractivity contribution < 1.29 is 14.2 Å². The van der Waals surface area contributed by atoms with Crippen molar-refractivity contribution in [3.8, 4) is 11.5 Å². The second kappa shape index (κ2) is 5.19. The third-order valence-corrected chi connectivity index (χ3v) is 3.17. The average Bonchev–Trinajstić information content (AvgIpc) is 2.33. The Labute approximate surface area is 107 Å². The lowest BCUT2D eigenvalue weighted by Crippen LogP contribution is -1.97. The molecule has 2 nitrogen and oxygen atoms in total. The fraction of sp³-hybridized carbons (Fsp3) is 0.0769. The first-order valence-corrected chi connectivity index (χ1v) is 5.81. The molecule has 0 aliphatic heterocycles. The lowest BCUT2D eigenvalue weighted by atomic mass is 10.2. The Hall–Kier alpha value is -1.55. The van der Waals surface area contributed by atoms with Crippen LogP contribution in [0.4, 0.5) is 4.39 Å². The van der Waals surface area contributed by atoms with Crippen LogP contribution in [0.25, 0.3) is 0 Å². The second-order valence-electron chi connectivity index (χ2n) is 3.47. The predicted octanol–water partition coefficient (Wildman–Crippen LogP) is 3.87. The molecule has 0 aliphatic carbocycles. The summed E-state index contributed by atoms with van der Waals surface area (Å²) in [5, 5.41) is 9.50. The highest BCUT2D eigenvalue weighted by atomic mass is 79.9. The number of halogens is 2. The summed E-state index contributed by atoms with van der Waals surface area (Å²) in [6.45, 7) is 0.190. The Kier molecular flexibility index (Phi) is 3.64. The quantitative estimate of drug-likeness (QED) is 0.931. The van der Waals surface area contributed by atoms with Crippen molar-refractivity contribution >= 4 is 15.9 Å². The molecular weight excluding hydrogens is 287 g/mol. The smallest absolute Gasteiger partial charge is 0.161 e. The Morgan fingerprint density at radius 1 is 1.12 bits per heavy atom. The number of hydrogen-bond acceptors (Lipinski definition) is 2. The molecule has 88 valence electrons. The molecule has 2 rings (SSSR count). The van der Waals surface area contributed by atoms with Gasteiger partial charge in [0.05, 0.1) is 4.47 Å². The molecule has 0 fully saturated rings. The molecule has 0 bridgehead atoms. The number of aromatic hydroxyl groups is 1. The molecule has 0 amide bonds. The van der Waals surface area contributed by atoms with Crippen molar-refractivity contribution in [2.75, 3.05) is 0 Å². The van der Waals surface area contributed by atoms with Crippen LogP contribution in [0.5, 0.6) is 11.5 Å². The van der Waals surface area contributed by atoms with Crippen LogP contribution in [0, 0.1) is 5.82 Å². The van der Waals surface area contributed by atoms with Gasteiger partial charge >= 0.3 is 0 Å². The van der Waals surface area contributed by atoms with E-state index >= 15 is 0 Å². The van der Waals surface area contributed by atoms with Gasteiger partial charge in [0.25, 0.3) is 0 Å². The van der Waals surface area contributed by atoms with E-state index in [4.69, 9.17) is 4.74 Å². The minimum Gasteiger partial charge on any atom is -0.504 e. The summed E-state index contributed by atoms with van der Waals surface area (Å²) in [5.41, 5.74) is 0.688. The third-order valence-electron chi connectivity index (χ3n) is 2.28. The number of phenolic OH excluding ortho intramolecular Hbond substituents is 1. The zero-order valence-electron chi connectivity index (χ0n) is 8.86. The van der Waals surface area contributed by atoms with Gasteiger partial charge in [0.1, 0.15) is 12.4 Å². The van der Waals surface area contributed by atoms with Crippen molar-refractivity contribution in [1.82, 2.24) is 0 Å². The molecular formula is C13H10BrFO2. The van der Waals surface area contributed by atoms with Crippen LogP contribution in [-0.2, 0) is 6.61 Å². The maximum absolute atomic E-state index is 13.2. The highest BCUT2D eigenvalue weighted by Gasteiger charge is 2.07. The first kappa shape index (κ1) is 11.9. The van der Waals surface area contributed by atoms with Gasteiger partial charge in [0, 0.05) is 5.56 Å². The minimum absolute atomic E-state index is 0.0695. The normalized spacial score (nSPS) is 10.2. The molecule has 0 radical (unpaired) electrons. The molecule has 0 saturated heterocycles. The SMILES string of the molecule is Oc1ccccc1OCc1cccc(F)c1Br. The maximum Gasteiger partial charge on any atom is 0.161 e. The van der Waals surface area contributed by atoms with Crippen LogP contribution in [0.3, 0.4) is 0 Å². The minimum atomic E-state index is -0.330. The van der Waals surface area contributed by atoms with E-state index < -0.39 is 0 Å². The maximum atomic E-state index is 13.2. The monoisotopic (exact) mass is 296 g/mol. The highest BCUT2D eigenvalue weighted by molar-refractivity contribution is 9.10. The Bertz CT molecular complexity index is 529. The van der Waals surface area contributed by atoms with Crippen LogP contribution in [0.2, 0.25) is 0 Å². The van der Waals surface area contributed by atoms with E-state index in [0.717, 1.165) is 0 Å². The zero-order chi connectivity index (χ0) is 12.3. The van der Waals surface area contributed by atoms with Crippen LogP contribution < -0.4 is 4.74 Å². The Balaban J connectivity index is 2.13. The van der Waals surface area contributed by atoms with E-state index in [1.807, 2.05) is 0 Å². The van der Waals surface area contributed by atoms with Gasteiger partial charge in [0.2, 0.25) is 0 Å². The molecule has 2 aromatic carbocycles. The van der Waals surface area contributed by atoms with Gasteiger partial charge in [-0.3, -0.25) is 0 Å². The second-order valence-corrected chi connectivity index (χ2v) is 4.26. The van der Waals surface area contributed by atoms with Gasteiger partial charge in [0.15, 0.2) is 11.5 Å². The summed E-state index contributed by atoms with van der Waals surface area (Å²) in [6, 6.07) is 11.4. The van der Waals surface area contributed by atoms with Crippen molar-refractivity contribution in [1.29, 1.82) is 0 Å². The van der Waals surface area contributed by atoms with E-state index in [1.165, 1.54) is 12.1 Å². The van der Waals surface area contributed by atoms with Crippen LogP contribution >= 0.6 is 15.9 Å². The fourth-order valence-corrected chi connectivity index (χ4v) is 1.77. The van der Waals surface area contributed by atoms with E-state index in [9.17, 15) is 9.50 Å². The van der Waals surface area contributed by atoms with E-state index in [-0.39, 0.29) is 18.2 Å². The van der Waals surface area contributed by atoms with Crippen molar-refractivity contribution in [3.63, 3.8) is 0 Å². The summed E-state index contributed by atoms with van der Waals surface area (Å²) in [5.74, 6) is 0.118. The summed E-state index contributed by atoms with van der Waals surface area (Å²) in [4.78, 5) is 0. The number of hydrogen-bond donors (Lipinski definition) is 1. The average molecular weight is 297 g/mol. The number of para-hydroxylation sites is 2. The predicted molar refractivity (Wildman–Crippen MR) is 66.5 cm³/mol. The molecule has 0 atom stereocenters. The van der Waals surface area contributed by atoms with E-state index in [1.54, 1.807) is 30.3 Å². The molecule has 1 N–H and O–H groups in total. The molecule has 0 heterocycles. The Morgan fingerprint density at radius 3 is 2.65 bits per heavy atom. The molecule has 4 heteroatoms. The van der Waals surface area contributed by atoms with Crippen LogP contribution in [0.1, 0.15) is 5.56 Å². The standard InChI is InChI=1S/C13H10BrFO2/c14-13-9(4-3-5-10(13)15)8-17-12-7-2-1-6-11(12)16/h1-7,16H,8H2. The van der Waals surface area contributed by atoms with Gasteiger partial charge in [-0.25, -0.2) is 4.39 Å². The van der Waals surface area contributed by atoms with E-state index in [0.29, 0.717) is 15.8 Å². The molecule has 0 unspecified atom stereocenters.